The van der Waals surface area contributed by atoms with Crippen molar-refractivity contribution in [3.05, 3.63) is 58.1 Å². The van der Waals surface area contributed by atoms with Gasteiger partial charge in [-0.25, -0.2) is 9.97 Å². The van der Waals surface area contributed by atoms with Gasteiger partial charge in [-0.15, -0.1) is 0 Å². The summed E-state index contributed by atoms with van der Waals surface area (Å²) in [6.07, 6.45) is 5.28. The Hall–Kier alpha value is -1.26. The normalized spacial score (nSPS) is 12.4. The van der Waals surface area contributed by atoms with Crippen molar-refractivity contribution in [1.29, 1.82) is 0 Å². The van der Waals surface area contributed by atoms with Crippen molar-refractivity contribution < 1.29 is 0 Å². The molecule has 1 atom stereocenters. The maximum atomic E-state index is 4.10. The molecule has 0 aliphatic rings. The Bertz CT molecular complexity index is 514. The third-order valence-corrected chi connectivity index (χ3v) is 3.37. The summed E-state index contributed by atoms with van der Waals surface area (Å²) in [6.45, 7) is 5.12. The van der Waals surface area contributed by atoms with Crippen LogP contribution in [-0.2, 0) is 0 Å². The second-order valence-electron chi connectivity index (χ2n) is 4.16. The number of halogens is 1. The molecule has 0 saturated heterocycles. The Kier molecular flexibility index (Phi) is 4.44. The van der Waals surface area contributed by atoms with Crippen LogP contribution >= 0.6 is 15.9 Å². The lowest BCUT2D eigenvalue weighted by molar-refractivity contribution is 0.623. The van der Waals surface area contributed by atoms with E-state index in [4.69, 9.17) is 0 Å². The number of nitrogens with zero attached hydrogens (tertiary/aromatic N) is 2. The van der Waals surface area contributed by atoms with Gasteiger partial charge in [0.25, 0.3) is 0 Å². The van der Waals surface area contributed by atoms with Gasteiger partial charge in [-0.2, -0.15) is 0 Å². The zero-order valence-corrected chi connectivity index (χ0v) is 12.1. The van der Waals surface area contributed by atoms with E-state index in [0.717, 1.165) is 16.6 Å². The minimum Gasteiger partial charge on any atom is -0.306 e. The van der Waals surface area contributed by atoms with E-state index >= 15 is 0 Å². The predicted molar refractivity (Wildman–Crippen MR) is 76.4 cm³/mol. The second-order valence-corrected chi connectivity index (χ2v) is 5.08. The van der Waals surface area contributed by atoms with Crippen molar-refractivity contribution in [2.24, 2.45) is 0 Å². The Morgan fingerprint density at radius 2 is 2.00 bits per heavy atom. The summed E-state index contributed by atoms with van der Waals surface area (Å²) < 4.78 is 1.09. The summed E-state index contributed by atoms with van der Waals surface area (Å²) in [6, 6.07) is 6.46. The van der Waals surface area contributed by atoms with E-state index in [0.29, 0.717) is 0 Å². The summed E-state index contributed by atoms with van der Waals surface area (Å²) in [4.78, 5) is 8.21. The maximum absolute atomic E-state index is 4.10. The first-order valence-corrected chi connectivity index (χ1v) is 6.76. The number of hydrogen-bond acceptors (Lipinski definition) is 3. The van der Waals surface area contributed by atoms with Gasteiger partial charge in [0.05, 0.1) is 6.04 Å². The Labute approximate surface area is 116 Å². The van der Waals surface area contributed by atoms with E-state index in [2.05, 4.69) is 63.3 Å². The summed E-state index contributed by atoms with van der Waals surface area (Å²) >= 11 is 3.53. The van der Waals surface area contributed by atoms with E-state index in [9.17, 15) is 0 Å². The number of nitrogens with one attached hydrogen (secondary N) is 1. The van der Waals surface area contributed by atoms with E-state index in [1.54, 1.807) is 6.33 Å². The Morgan fingerprint density at radius 1 is 1.28 bits per heavy atom. The van der Waals surface area contributed by atoms with Crippen LogP contribution in [0.3, 0.4) is 0 Å². The molecule has 0 aliphatic carbocycles. The minimum absolute atomic E-state index is 0.133. The molecule has 1 heterocycles. The Balaban J connectivity index is 2.44. The topological polar surface area (TPSA) is 37.8 Å². The molecule has 3 nitrogen and oxygen atoms in total. The summed E-state index contributed by atoms with van der Waals surface area (Å²) in [5.74, 6) is 0. The molecule has 1 unspecified atom stereocenters. The van der Waals surface area contributed by atoms with Crippen LogP contribution < -0.4 is 5.32 Å². The third-order valence-electron chi connectivity index (χ3n) is 2.87. The third kappa shape index (κ3) is 2.94. The quantitative estimate of drug-likeness (QED) is 0.942. The lowest BCUT2D eigenvalue weighted by Crippen LogP contribution is -2.23. The van der Waals surface area contributed by atoms with Crippen LogP contribution in [0.2, 0.25) is 0 Å². The highest BCUT2D eigenvalue weighted by Crippen LogP contribution is 2.26. The molecule has 2 aromatic rings. The molecule has 0 bridgehead atoms. The molecule has 1 aromatic heterocycles. The molecule has 18 heavy (non-hydrogen) atoms. The van der Waals surface area contributed by atoms with Gasteiger partial charge < -0.3 is 5.32 Å². The lowest BCUT2D eigenvalue weighted by Gasteiger charge is -2.20. The van der Waals surface area contributed by atoms with E-state index in [1.807, 2.05) is 12.4 Å². The highest BCUT2D eigenvalue weighted by Gasteiger charge is 2.15. The van der Waals surface area contributed by atoms with Crippen molar-refractivity contribution in [2.75, 3.05) is 6.54 Å². The molecule has 0 aliphatic heterocycles. The number of benzene rings is 1. The molecule has 2 rings (SSSR count). The molecule has 0 amide bonds. The van der Waals surface area contributed by atoms with Gasteiger partial charge in [0, 0.05) is 22.4 Å². The molecular weight excluding hydrogens is 290 g/mol. The van der Waals surface area contributed by atoms with Gasteiger partial charge in [0.1, 0.15) is 6.33 Å². The van der Waals surface area contributed by atoms with Gasteiger partial charge in [-0.1, -0.05) is 28.9 Å². The number of aromatic nitrogens is 2. The summed E-state index contributed by atoms with van der Waals surface area (Å²) in [5, 5.41) is 3.48. The lowest BCUT2D eigenvalue weighted by atomic mass is 9.97. The maximum Gasteiger partial charge on any atom is 0.115 e. The van der Waals surface area contributed by atoms with Crippen molar-refractivity contribution in [3.8, 4) is 0 Å². The first-order valence-electron chi connectivity index (χ1n) is 5.96. The standard InChI is InChI=1S/C14H16BrN3/c1-3-18-14(11-7-16-9-17-8-11)13-6-12(15)5-4-10(13)2/h4-9,14,18H,3H2,1-2H3. The first kappa shape index (κ1) is 13.2. The number of aryl methyl sites for hydroxylation is 1. The van der Waals surface area contributed by atoms with Crippen LogP contribution in [-0.4, -0.2) is 16.5 Å². The summed E-state index contributed by atoms with van der Waals surface area (Å²) in [7, 11) is 0. The molecule has 0 radical (unpaired) electrons. The van der Waals surface area contributed by atoms with Crippen molar-refractivity contribution >= 4 is 15.9 Å². The van der Waals surface area contributed by atoms with Gasteiger partial charge in [0.2, 0.25) is 0 Å². The molecule has 1 aromatic carbocycles. The van der Waals surface area contributed by atoms with Crippen molar-refractivity contribution in [1.82, 2.24) is 15.3 Å². The van der Waals surface area contributed by atoms with Gasteiger partial charge >= 0.3 is 0 Å². The summed E-state index contributed by atoms with van der Waals surface area (Å²) in [5.41, 5.74) is 3.59. The predicted octanol–water partition coefficient (Wildman–Crippen LogP) is 3.25. The average molecular weight is 306 g/mol. The van der Waals surface area contributed by atoms with Crippen molar-refractivity contribution in [2.45, 2.75) is 19.9 Å². The molecule has 94 valence electrons. The van der Waals surface area contributed by atoms with E-state index in [-0.39, 0.29) is 6.04 Å². The fraction of sp³-hybridized carbons (Fsp3) is 0.286. The SMILES string of the molecule is CCNC(c1cncnc1)c1cc(Br)ccc1C. The van der Waals surface area contributed by atoms with Crippen LogP contribution in [0.25, 0.3) is 0 Å². The fourth-order valence-corrected chi connectivity index (χ4v) is 2.37. The van der Waals surface area contributed by atoms with Gasteiger partial charge in [-0.3, -0.25) is 0 Å². The smallest absolute Gasteiger partial charge is 0.115 e. The monoisotopic (exact) mass is 305 g/mol. The largest absolute Gasteiger partial charge is 0.306 e. The highest BCUT2D eigenvalue weighted by atomic mass is 79.9. The second kappa shape index (κ2) is 6.07. The fourth-order valence-electron chi connectivity index (χ4n) is 1.99. The van der Waals surface area contributed by atoms with Crippen LogP contribution in [0.1, 0.15) is 29.7 Å². The van der Waals surface area contributed by atoms with E-state index < -0.39 is 0 Å². The molecule has 1 N–H and O–H groups in total. The van der Waals surface area contributed by atoms with Crippen LogP contribution in [0.15, 0.2) is 41.4 Å². The number of hydrogen-bond donors (Lipinski definition) is 1. The Morgan fingerprint density at radius 3 is 2.67 bits per heavy atom. The van der Waals surface area contributed by atoms with Crippen molar-refractivity contribution in [3.63, 3.8) is 0 Å². The number of rotatable bonds is 4. The molecule has 0 spiro atoms. The first-order chi connectivity index (χ1) is 8.72. The highest BCUT2D eigenvalue weighted by molar-refractivity contribution is 9.10. The average Bonchev–Trinajstić information content (AvgIpc) is 2.40. The molecule has 4 heteroatoms. The van der Waals surface area contributed by atoms with Crippen LogP contribution in [0.4, 0.5) is 0 Å². The molecular formula is C14H16BrN3. The van der Waals surface area contributed by atoms with Crippen LogP contribution in [0, 0.1) is 6.92 Å². The van der Waals surface area contributed by atoms with Crippen LogP contribution in [0.5, 0.6) is 0 Å². The van der Waals surface area contributed by atoms with Gasteiger partial charge in [0.15, 0.2) is 0 Å². The van der Waals surface area contributed by atoms with Gasteiger partial charge in [-0.05, 0) is 36.7 Å². The molecule has 0 saturated carbocycles. The van der Waals surface area contributed by atoms with E-state index in [1.165, 1.54) is 11.1 Å². The molecule has 0 fully saturated rings. The minimum atomic E-state index is 0.133. The zero-order valence-electron chi connectivity index (χ0n) is 10.5. The zero-order chi connectivity index (χ0) is 13.0.